The Hall–Kier alpha value is -2.33. The van der Waals surface area contributed by atoms with Crippen LogP contribution in [-0.2, 0) is 0 Å². The lowest BCUT2D eigenvalue weighted by Crippen LogP contribution is -2.10. The average molecular weight is 412 g/mol. The number of nitrogen functional groups attached to an aromatic ring is 1. The maximum atomic E-state index is 6.45. The number of hydrogen-bond donors (Lipinski definition) is 3. The number of anilines is 1. The van der Waals surface area contributed by atoms with Gasteiger partial charge in [0.15, 0.2) is 16.6 Å². The zero-order valence-corrected chi connectivity index (χ0v) is 15.7. The molecular weight excluding hydrogens is 397 g/mol. The minimum atomic E-state index is 0. The summed E-state index contributed by atoms with van der Waals surface area (Å²) in [7, 11) is 0. The van der Waals surface area contributed by atoms with E-state index >= 15 is 0 Å². The summed E-state index contributed by atoms with van der Waals surface area (Å²) in [6.45, 7) is 0.880. The number of imidazole rings is 1. The van der Waals surface area contributed by atoms with E-state index < -0.39 is 0 Å². The summed E-state index contributed by atoms with van der Waals surface area (Å²) in [6.07, 6.45) is 3.41. The Kier molecular flexibility index (Phi) is 5.33. The van der Waals surface area contributed by atoms with Crippen molar-refractivity contribution >= 4 is 50.8 Å². The molecule has 26 heavy (non-hydrogen) atoms. The van der Waals surface area contributed by atoms with Gasteiger partial charge in [-0.25, -0.2) is 9.97 Å². The van der Waals surface area contributed by atoms with Crippen LogP contribution >= 0.6 is 35.3 Å². The number of H-pyrrole nitrogens is 1. The summed E-state index contributed by atoms with van der Waals surface area (Å²) in [5.41, 5.74) is 13.5. The van der Waals surface area contributed by atoms with Crippen LogP contribution in [-0.4, -0.2) is 37.9 Å². The molecule has 136 valence electrons. The van der Waals surface area contributed by atoms with Crippen LogP contribution in [0.25, 0.3) is 27.4 Å². The van der Waals surface area contributed by atoms with E-state index in [4.69, 9.17) is 27.8 Å². The zero-order chi connectivity index (χ0) is 17.4. The molecule has 3 aromatic heterocycles. The Morgan fingerprint density at radius 2 is 2.19 bits per heavy atom. The van der Waals surface area contributed by atoms with E-state index in [1.165, 1.54) is 11.3 Å². The second-order valence-corrected chi connectivity index (χ2v) is 6.64. The molecule has 0 bridgehead atoms. The molecule has 0 fully saturated rings. The molecule has 4 aromatic rings. The van der Waals surface area contributed by atoms with Crippen LogP contribution in [0.1, 0.15) is 0 Å². The first-order chi connectivity index (χ1) is 12.2. The van der Waals surface area contributed by atoms with Crippen LogP contribution in [0.5, 0.6) is 5.75 Å². The Bertz CT molecular complexity index is 1040. The number of aromatic nitrogens is 5. The number of thiazole rings is 1. The zero-order valence-electron chi connectivity index (χ0n) is 13.3. The van der Waals surface area contributed by atoms with E-state index in [0.29, 0.717) is 40.5 Å². The minimum absolute atomic E-state index is 0. The number of nitrogens with zero attached hydrogens (tertiary/aromatic N) is 4. The van der Waals surface area contributed by atoms with Crippen molar-refractivity contribution in [1.29, 1.82) is 0 Å². The van der Waals surface area contributed by atoms with Crippen molar-refractivity contribution in [3.05, 3.63) is 35.7 Å². The normalized spacial score (nSPS) is 10.8. The fourth-order valence-electron chi connectivity index (χ4n) is 2.52. The molecule has 1 aromatic carbocycles. The quantitative estimate of drug-likeness (QED) is 0.464. The first-order valence-corrected chi connectivity index (χ1v) is 8.62. The molecule has 0 aliphatic rings. The molecule has 8 nitrogen and oxygen atoms in total. The Labute approximate surface area is 163 Å². The minimum Gasteiger partial charge on any atom is -0.492 e. The summed E-state index contributed by atoms with van der Waals surface area (Å²) >= 11 is 7.81. The monoisotopic (exact) mass is 411 g/mol. The predicted octanol–water partition coefficient (Wildman–Crippen LogP) is 2.87. The third kappa shape index (κ3) is 3.21. The highest BCUT2D eigenvalue weighted by atomic mass is 35.5. The Morgan fingerprint density at radius 1 is 1.35 bits per heavy atom. The van der Waals surface area contributed by atoms with E-state index in [2.05, 4.69) is 20.2 Å². The van der Waals surface area contributed by atoms with E-state index in [0.717, 1.165) is 16.0 Å². The topological polar surface area (TPSA) is 121 Å². The summed E-state index contributed by atoms with van der Waals surface area (Å²) < 4.78 is 8.20. The van der Waals surface area contributed by atoms with Crippen LogP contribution in [0.3, 0.4) is 0 Å². The summed E-state index contributed by atoms with van der Waals surface area (Å²) in [4.78, 5) is 8.43. The molecule has 0 aliphatic carbocycles. The van der Waals surface area contributed by atoms with E-state index in [-0.39, 0.29) is 12.4 Å². The molecule has 0 aliphatic heterocycles. The first-order valence-electron chi connectivity index (χ1n) is 7.43. The van der Waals surface area contributed by atoms with Crippen molar-refractivity contribution < 1.29 is 4.74 Å². The fourth-order valence-corrected chi connectivity index (χ4v) is 3.55. The Morgan fingerprint density at radius 3 is 2.96 bits per heavy atom. The fraction of sp³-hybridized carbons (Fsp3) is 0.133. The van der Waals surface area contributed by atoms with Gasteiger partial charge in [0.05, 0.1) is 16.9 Å². The summed E-state index contributed by atoms with van der Waals surface area (Å²) in [5, 5.41) is 8.23. The number of rotatable bonds is 5. The molecular formula is C15H15Cl2N7OS. The van der Waals surface area contributed by atoms with Crippen molar-refractivity contribution in [2.24, 2.45) is 5.73 Å². The summed E-state index contributed by atoms with van der Waals surface area (Å²) in [5.74, 6) is 1.35. The second-order valence-electron chi connectivity index (χ2n) is 5.20. The van der Waals surface area contributed by atoms with Gasteiger partial charge >= 0.3 is 0 Å². The molecule has 11 heteroatoms. The molecule has 0 unspecified atom stereocenters. The van der Waals surface area contributed by atoms with Crippen LogP contribution in [0.4, 0.5) is 5.13 Å². The SMILES string of the molecule is Cl.NCCOc1ccc(-c2cncn2-c2n[nH]c3nc(N)sc23)c(Cl)c1. The smallest absolute Gasteiger partial charge is 0.182 e. The number of halogens is 2. The highest BCUT2D eigenvalue weighted by molar-refractivity contribution is 7.22. The van der Waals surface area contributed by atoms with Crippen molar-refractivity contribution in [3.8, 4) is 22.8 Å². The molecule has 0 saturated heterocycles. The van der Waals surface area contributed by atoms with Crippen LogP contribution in [0.2, 0.25) is 5.02 Å². The summed E-state index contributed by atoms with van der Waals surface area (Å²) in [6, 6.07) is 5.49. The second kappa shape index (κ2) is 7.50. The molecule has 4 rings (SSSR count). The van der Waals surface area contributed by atoms with Gasteiger partial charge in [0.25, 0.3) is 0 Å². The van der Waals surface area contributed by atoms with Crippen LogP contribution in [0.15, 0.2) is 30.7 Å². The predicted molar refractivity (Wildman–Crippen MR) is 106 cm³/mol. The molecule has 0 amide bonds. The standard InChI is InChI=1S/C15H14ClN7OS.ClH/c16-10-5-8(24-4-3-17)1-2-9(10)11-6-19-7-23(11)14-12-13(21-22-14)20-15(18)25-12;/h1-2,5-7H,3-4,17H2,(H3,18,20,21,22);1H. The van der Waals surface area contributed by atoms with Crippen molar-refractivity contribution in [2.45, 2.75) is 0 Å². The highest BCUT2D eigenvalue weighted by Gasteiger charge is 2.17. The van der Waals surface area contributed by atoms with Crippen molar-refractivity contribution in [3.63, 3.8) is 0 Å². The van der Waals surface area contributed by atoms with E-state index in [1.807, 2.05) is 16.7 Å². The lowest BCUT2D eigenvalue weighted by atomic mass is 10.1. The van der Waals surface area contributed by atoms with Gasteiger partial charge in [-0.15, -0.1) is 12.4 Å². The number of ether oxygens (including phenoxy) is 1. The van der Waals surface area contributed by atoms with Gasteiger partial charge in [-0.3, -0.25) is 9.67 Å². The van der Waals surface area contributed by atoms with Gasteiger partial charge in [0, 0.05) is 12.1 Å². The van der Waals surface area contributed by atoms with E-state index in [1.54, 1.807) is 18.6 Å². The number of hydrogen-bond acceptors (Lipinski definition) is 7. The van der Waals surface area contributed by atoms with Gasteiger partial charge in [-0.1, -0.05) is 22.9 Å². The van der Waals surface area contributed by atoms with Crippen molar-refractivity contribution in [1.82, 2.24) is 24.7 Å². The van der Waals surface area contributed by atoms with Gasteiger partial charge in [-0.05, 0) is 18.2 Å². The van der Waals surface area contributed by atoms with Crippen molar-refractivity contribution in [2.75, 3.05) is 18.9 Å². The van der Waals surface area contributed by atoms with Gasteiger partial charge < -0.3 is 16.2 Å². The third-order valence-electron chi connectivity index (χ3n) is 3.58. The molecule has 5 N–H and O–H groups in total. The van der Waals surface area contributed by atoms with E-state index in [9.17, 15) is 0 Å². The maximum absolute atomic E-state index is 6.45. The molecule has 0 radical (unpaired) electrons. The molecule has 0 saturated carbocycles. The third-order valence-corrected chi connectivity index (χ3v) is 4.78. The average Bonchev–Trinajstić information content (AvgIpc) is 3.28. The van der Waals surface area contributed by atoms with Gasteiger partial charge in [0.2, 0.25) is 0 Å². The number of nitrogens with two attached hydrogens (primary N) is 2. The number of fused-ring (bicyclic) bond motifs is 1. The molecule has 0 spiro atoms. The molecule has 0 atom stereocenters. The van der Waals surface area contributed by atoms with Gasteiger partial charge in [0.1, 0.15) is 23.4 Å². The first kappa shape index (κ1) is 18.5. The number of benzene rings is 1. The largest absolute Gasteiger partial charge is 0.492 e. The highest BCUT2D eigenvalue weighted by Crippen LogP contribution is 2.34. The number of aromatic amines is 1. The van der Waals surface area contributed by atoms with Gasteiger partial charge in [-0.2, -0.15) is 5.10 Å². The van der Waals surface area contributed by atoms with Crippen LogP contribution < -0.4 is 16.2 Å². The lowest BCUT2D eigenvalue weighted by molar-refractivity contribution is 0.328. The Balaban J connectivity index is 0.00000196. The maximum Gasteiger partial charge on any atom is 0.182 e. The molecule has 3 heterocycles. The number of nitrogens with one attached hydrogen (secondary N) is 1. The lowest BCUT2D eigenvalue weighted by Gasteiger charge is -2.10. The van der Waals surface area contributed by atoms with Crippen LogP contribution in [0, 0.1) is 0 Å².